The summed E-state index contributed by atoms with van der Waals surface area (Å²) in [6.45, 7) is 0. The van der Waals surface area contributed by atoms with Crippen molar-refractivity contribution in [1.29, 1.82) is 0 Å². The van der Waals surface area contributed by atoms with Gasteiger partial charge in [-0.25, -0.2) is 0 Å². The number of Topliss-reactive ketones (excluding diaryl/α,β-unsaturated/α-hetero) is 2. The predicted octanol–water partition coefficient (Wildman–Crippen LogP) is 0.784. The summed E-state index contributed by atoms with van der Waals surface area (Å²) in [6, 6.07) is 11.4. The van der Waals surface area contributed by atoms with E-state index in [0.717, 1.165) is 0 Å². The highest BCUT2D eigenvalue weighted by Crippen LogP contribution is 2.23. The Morgan fingerprint density at radius 1 is 0.652 bits per heavy atom. The Hall–Kier alpha value is -3.21. The number of nitrogens with zero attached hydrogens (tertiary/aromatic N) is 1. The molecule has 0 bridgehead atoms. The molecule has 0 N–H and O–H groups in total. The minimum absolute atomic E-state index is 0.256. The van der Waals surface area contributed by atoms with Crippen LogP contribution in [-0.2, 0) is 0 Å². The second-order valence-electron chi connectivity index (χ2n) is 5.36. The molecule has 5 nitrogen and oxygen atoms in total. The van der Waals surface area contributed by atoms with E-state index in [-0.39, 0.29) is 27.3 Å². The van der Waals surface area contributed by atoms with Gasteiger partial charge in [0.05, 0.1) is 0 Å². The van der Waals surface area contributed by atoms with E-state index in [0.29, 0.717) is 0 Å². The highest BCUT2D eigenvalue weighted by atomic mass is 16.2. The molecule has 0 atom stereocenters. The molecule has 0 saturated carbocycles. The van der Waals surface area contributed by atoms with Crippen LogP contribution < -0.4 is 16.2 Å². The van der Waals surface area contributed by atoms with Crippen molar-refractivity contribution in [3.63, 3.8) is 0 Å². The Balaban J connectivity index is 1.97. The van der Waals surface area contributed by atoms with Crippen molar-refractivity contribution in [2.45, 2.75) is 6.04 Å². The smallest absolute Gasteiger partial charge is 0.215 e. The van der Waals surface area contributed by atoms with E-state index in [4.69, 9.17) is 0 Å². The van der Waals surface area contributed by atoms with Crippen molar-refractivity contribution >= 4 is 22.3 Å². The lowest BCUT2D eigenvalue weighted by molar-refractivity contribution is 0.0892. The Morgan fingerprint density at radius 3 is 1.57 bits per heavy atom. The lowest BCUT2D eigenvalue weighted by atomic mass is 10.1. The average molecular weight is 303 g/mol. The summed E-state index contributed by atoms with van der Waals surface area (Å²) in [6.07, 6.45) is 0. The molecule has 0 spiro atoms. The number of carbonyl (C=O) groups is 2. The second kappa shape index (κ2) is 4.64. The molecule has 23 heavy (non-hydrogen) atoms. The van der Waals surface area contributed by atoms with Crippen molar-refractivity contribution < 1.29 is 9.59 Å². The molecular formula is C18H9NO4. The average Bonchev–Trinajstić information content (AvgIpc) is 2.97. The summed E-state index contributed by atoms with van der Waals surface area (Å²) in [5.74, 6) is -0.954. The molecule has 0 unspecified atom stereocenters. The monoisotopic (exact) mass is 303 g/mol. The Morgan fingerprint density at radius 2 is 1.09 bits per heavy atom. The topological polar surface area (TPSA) is 80.6 Å². The van der Waals surface area contributed by atoms with Crippen LogP contribution in [0.4, 0.5) is 0 Å². The van der Waals surface area contributed by atoms with Crippen LogP contribution in [-0.4, -0.2) is 17.6 Å². The lowest BCUT2D eigenvalue weighted by Crippen LogP contribution is -2.36. The third-order valence-corrected chi connectivity index (χ3v) is 4.06. The second-order valence-corrected chi connectivity index (χ2v) is 5.36. The molecule has 110 valence electrons. The number of ketones is 2. The molecular weight excluding hydrogens is 294 g/mol. The largest absolute Gasteiger partial charge is 0.291 e. The molecule has 0 saturated heterocycles. The van der Waals surface area contributed by atoms with Crippen molar-refractivity contribution in [3.05, 3.63) is 85.5 Å². The van der Waals surface area contributed by atoms with E-state index in [9.17, 15) is 19.2 Å². The SMILES string of the molecule is O=C1c2ccccc2C(=O)C1N=c1c(=O)c2ccccc2c1=O. The van der Waals surface area contributed by atoms with E-state index < -0.39 is 28.5 Å². The van der Waals surface area contributed by atoms with E-state index in [1.165, 1.54) is 12.1 Å². The number of fused-ring (bicyclic) bond motifs is 2. The number of hydrogen-bond acceptors (Lipinski definition) is 5. The van der Waals surface area contributed by atoms with Gasteiger partial charge in [0.1, 0.15) is 0 Å². The van der Waals surface area contributed by atoms with Crippen molar-refractivity contribution in [2.24, 2.45) is 4.99 Å². The zero-order chi connectivity index (χ0) is 16.1. The first-order valence-electron chi connectivity index (χ1n) is 7.03. The van der Waals surface area contributed by atoms with Gasteiger partial charge in [0.2, 0.25) is 10.9 Å². The lowest BCUT2D eigenvalue weighted by Gasteiger charge is -1.96. The van der Waals surface area contributed by atoms with Crippen molar-refractivity contribution in [1.82, 2.24) is 0 Å². The fourth-order valence-corrected chi connectivity index (χ4v) is 2.93. The molecule has 0 aromatic heterocycles. The molecule has 0 fully saturated rings. The zero-order valence-electron chi connectivity index (χ0n) is 11.8. The summed E-state index contributed by atoms with van der Waals surface area (Å²) < 4.78 is 0. The maximum atomic E-state index is 12.3. The van der Waals surface area contributed by atoms with Crippen LogP contribution in [0.3, 0.4) is 0 Å². The molecule has 3 aromatic carbocycles. The molecule has 4 rings (SSSR count). The van der Waals surface area contributed by atoms with Gasteiger partial charge in [0, 0.05) is 21.9 Å². The summed E-state index contributed by atoms with van der Waals surface area (Å²) in [5, 5.41) is 0.170. The molecule has 0 radical (unpaired) electrons. The normalized spacial score (nSPS) is 14.4. The van der Waals surface area contributed by atoms with Gasteiger partial charge in [-0.2, -0.15) is 0 Å². The first-order valence-corrected chi connectivity index (χ1v) is 7.03. The minimum Gasteiger partial charge on any atom is -0.291 e. The molecule has 5 heteroatoms. The van der Waals surface area contributed by atoms with E-state index in [2.05, 4.69) is 4.99 Å². The predicted molar refractivity (Wildman–Crippen MR) is 83.3 cm³/mol. The van der Waals surface area contributed by atoms with Gasteiger partial charge in [0.15, 0.2) is 23.0 Å². The molecule has 0 aliphatic heterocycles. The zero-order valence-corrected chi connectivity index (χ0v) is 11.8. The highest BCUT2D eigenvalue weighted by Gasteiger charge is 2.38. The number of hydrogen-bond donors (Lipinski definition) is 0. The Kier molecular flexibility index (Phi) is 2.72. The Bertz CT molecular complexity index is 1060. The first kappa shape index (κ1) is 13.5. The van der Waals surface area contributed by atoms with Crippen molar-refractivity contribution in [3.8, 4) is 0 Å². The van der Waals surface area contributed by atoms with Crippen LogP contribution in [0.25, 0.3) is 10.8 Å². The number of benzene rings is 2. The molecule has 1 aliphatic carbocycles. The van der Waals surface area contributed by atoms with Gasteiger partial charge in [-0.1, -0.05) is 48.5 Å². The van der Waals surface area contributed by atoms with Gasteiger partial charge in [-0.05, 0) is 0 Å². The van der Waals surface area contributed by atoms with Gasteiger partial charge in [0.25, 0.3) is 0 Å². The van der Waals surface area contributed by atoms with Crippen LogP contribution in [0, 0.1) is 0 Å². The fraction of sp³-hybridized carbons (Fsp3) is 0.0556. The highest BCUT2D eigenvalue weighted by molar-refractivity contribution is 6.29. The van der Waals surface area contributed by atoms with Gasteiger partial charge >= 0.3 is 0 Å². The third-order valence-electron chi connectivity index (χ3n) is 4.06. The minimum atomic E-state index is -1.34. The van der Waals surface area contributed by atoms with Crippen molar-refractivity contribution in [2.75, 3.05) is 0 Å². The molecule has 1 aliphatic rings. The quantitative estimate of drug-likeness (QED) is 0.622. The maximum Gasteiger partial charge on any atom is 0.215 e. The van der Waals surface area contributed by atoms with Crippen LogP contribution >= 0.6 is 0 Å². The molecule has 0 heterocycles. The van der Waals surface area contributed by atoms with E-state index >= 15 is 0 Å². The Labute approximate surface area is 129 Å². The fourth-order valence-electron chi connectivity index (χ4n) is 2.93. The molecule has 3 aromatic rings. The van der Waals surface area contributed by atoms with Crippen LogP contribution in [0.15, 0.2) is 63.1 Å². The first-order chi connectivity index (χ1) is 11.1. The summed E-state index contributed by atoms with van der Waals surface area (Å²) in [4.78, 5) is 53.2. The van der Waals surface area contributed by atoms with Gasteiger partial charge < -0.3 is 0 Å². The van der Waals surface area contributed by atoms with Crippen LogP contribution in [0.1, 0.15) is 20.7 Å². The standard InChI is InChI=1S/C18H9NO4/c20-15-9-5-1-2-6-10(9)16(21)13(15)19-14-17(22)11-7-3-4-8-12(11)18(14)23/h1-8,13H. The van der Waals surface area contributed by atoms with E-state index in [1.807, 2.05) is 0 Å². The van der Waals surface area contributed by atoms with Crippen LogP contribution in [0.5, 0.6) is 0 Å². The molecule has 0 amide bonds. The maximum absolute atomic E-state index is 12.3. The third kappa shape index (κ3) is 1.76. The van der Waals surface area contributed by atoms with Crippen LogP contribution in [0.2, 0.25) is 0 Å². The van der Waals surface area contributed by atoms with Gasteiger partial charge in [-0.15, -0.1) is 0 Å². The van der Waals surface area contributed by atoms with E-state index in [1.54, 1.807) is 36.4 Å². The summed E-state index contributed by atoms with van der Waals surface area (Å²) in [7, 11) is 0. The summed E-state index contributed by atoms with van der Waals surface area (Å²) in [5.41, 5.74) is -0.520. The summed E-state index contributed by atoms with van der Waals surface area (Å²) >= 11 is 0. The van der Waals surface area contributed by atoms with Gasteiger partial charge in [-0.3, -0.25) is 24.2 Å². The number of carbonyl (C=O) groups excluding carboxylic acids is 2. The number of rotatable bonds is 1.